The highest BCUT2D eigenvalue weighted by molar-refractivity contribution is 7.92. The number of amides is 1. The number of sulfonamides is 1. The van der Waals surface area contributed by atoms with Gasteiger partial charge in [-0.15, -0.1) is 5.10 Å². The van der Waals surface area contributed by atoms with Crippen molar-refractivity contribution in [2.45, 2.75) is 38.0 Å². The number of hydrogen-bond donors (Lipinski definition) is 2. The standard InChI is InChI=1S/C29H33N5O5S/c1-20-9-11-21(12-10-20)25-26(33-40(36,37)23-15-13-22(14-16-23)29(2,3)4)34(5)32-27(25)38-18-19-39-28(35)31-24-8-6-7-17-30-24/h6-17,33H,18-19H2,1-5H3,(H,30,31,35). The third-order valence-electron chi connectivity index (χ3n) is 6.07. The van der Waals surface area contributed by atoms with Gasteiger partial charge in [0.15, 0.2) is 0 Å². The Morgan fingerprint density at radius 2 is 1.68 bits per heavy atom. The summed E-state index contributed by atoms with van der Waals surface area (Å²) in [6, 6.07) is 19.5. The number of rotatable bonds is 9. The highest BCUT2D eigenvalue weighted by atomic mass is 32.2. The first-order valence-corrected chi connectivity index (χ1v) is 14.2. The van der Waals surface area contributed by atoms with Gasteiger partial charge in [0.25, 0.3) is 10.0 Å². The van der Waals surface area contributed by atoms with Crippen molar-refractivity contribution in [1.29, 1.82) is 0 Å². The molecule has 4 aromatic rings. The number of hydrogen-bond acceptors (Lipinski definition) is 7. The van der Waals surface area contributed by atoms with Gasteiger partial charge in [-0.05, 0) is 47.7 Å². The molecule has 0 aliphatic heterocycles. The lowest BCUT2D eigenvalue weighted by Gasteiger charge is -2.19. The first kappa shape index (κ1) is 28.6. The molecule has 0 saturated heterocycles. The average Bonchev–Trinajstić information content (AvgIpc) is 3.21. The molecule has 0 fully saturated rings. The van der Waals surface area contributed by atoms with Crippen molar-refractivity contribution >= 4 is 27.8 Å². The Balaban J connectivity index is 1.54. The minimum absolute atomic E-state index is 0.00797. The van der Waals surface area contributed by atoms with Crippen LogP contribution in [0.4, 0.5) is 16.4 Å². The van der Waals surface area contributed by atoms with Gasteiger partial charge in [0.2, 0.25) is 5.88 Å². The molecule has 1 amide bonds. The van der Waals surface area contributed by atoms with Gasteiger partial charge in [-0.1, -0.05) is 68.8 Å². The molecule has 0 atom stereocenters. The van der Waals surface area contributed by atoms with Gasteiger partial charge in [0.05, 0.1) is 10.5 Å². The van der Waals surface area contributed by atoms with Crippen LogP contribution in [0, 0.1) is 6.92 Å². The number of anilines is 2. The van der Waals surface area contributed by atoms with Gasteiger partial charge in [-0.3, -0.25) is 10.0 Å². The van der Waals surface area contributed by atoms with Crippen molar-refractivity contribution in [3.8, 4) is 17.0 Å². The molecule has 0 bridgehead atoms. The summed E-state index contributed by atoms with van der Waals surface area (Å²) in [6.07, 6.45) is 0.882. The fourth-order valence-corrected chi connectivity index (χ4v) is 4.97. The minimum Gasteiger partial charge on any atom is -0.472 e. The van der Waals surface area contributed by atoms with Crippen molar-refractivity contribution in [3.05, 3.63) is 84.1 Å². The van der Waals surface area contributed by atoms with Crippen molar-refractivity contribution < 1.29 is 22.7 Å². The monoisotopic (exact) mass is 563 g/mol. The highest BCUT2D eigenvalue weighted by Gasteiger charge is 2.25. The number of carbonyl (C=O) groups is 1. The molecule has 2 aromatic carbocycles. The van der Waals surface area contributed by atoms with Crippen LogP contribution in [0.25, 0.3) is 11.1 Å². The molecule has 210 valence electrons. The van der Waals surface area contributed by atoms with Crippen molar-refractivity contribution in [2.24, 2.45) is 7.05 Å². The largest absolute Gasteiger partial charge is 0.472 e. The maximum atomic E-state index is 13.4. The Morgan fingerprint density at radius 1 is 0.975 bits per heavy atom. The summed E-state index contributed by atoms with van der Waals surface area (Å²) in [5.74, 6) is 0.804. The van der Waals surface area contributed by atoms with Crippen molar-refractivity contribution in [1.82, 2.24) is 14.8 Å². The first-order valence-electron chi connectivity index (χ1n) is 12.7. The zero-order valence-corrected chi connectivity index (χ0v) is 24.0. The van der Waals surface area contributed by atoms with E-state index in [-0.39, 0.29) is 35.2 Å². The SMILES string of the molecule is Cc1ccc(-c2c(OCCOC(=O)Nc3ccccn3)nn(C)c2NS(=O)(=O)c2ccc(C(C)(C)C)cc2)cc1. The van der Waals surface area contributed by atoms with Crippen LogP contribution < -0.4 is 14.8 Å². The number of nitrogens with one attached hydrogen (secondary N) is 2. The maximum absolute atomic E-state index is 13.4. The summed E-state index contributed by atoms with van der Waals surface area (Å²) >= 11 is 0. The van der Waals surface area contributed by atoms with Crippen molar-refractivity contribution in [2.75, 3.05) is 23.3 Å². The Hall–Kier alpha value is -4.38. The molecule has 0 aliphatic rings. The Kier molecular flexibility index (Phi) is 8.43. The van der Waals surface area contributed by atoms with E-state index in [0.29, 0.717) is 16.9 Å². The van der Waals surface area contributed by atoms with Crippen LogP contribution in [0.2, 0.25) is 0 Å². The first-order chi connectivity index (χ1) is 18.9. The average molecular weight is 564 g/mol. The second-order valence-electron chi connectivity index (χ2n) is 10.2. The molecule has 11 heteroatoms. The quantitative estimate of drug-likeness (QED) is 0.257. The van der Waals surface area contributed by atoms with Crippen LogP contribution in [0.3, 0.4) is 0 Å². The molecule has 0 unspecified atom stereocenters. The summed E-state index contributed by atoms with van der Waals surface area (Å²) < 4.78 is 41.9. The molecular weight excluding hydrogens is 530 g/mol. The van der Waals surface area contributed by atoms with E-state index in [0.717, 1.165) is 11.1 Å². The predicted molar refractivity (Wildman–Crippen MR) is 154 cm³/mol. The lowest BCUT2D eigenvalue weighted by molar-refractivity contribution is 0.136. The van der Waals surface area contributed by atoms with Crippen LogP contribution in [0.15, 0.2) is 77.8 Å². The molecule has 10 nitrogen and oxygen atoms in total. The van der Waals surface area contributed by atoms with E-state index in [1.54, 1.807) is 43.6 Å². The van der Waals surface area contributed by atoms with E-state index in [1.165, 1.54) is 4.68 Å². The number of aromatic nitrogens is 3. The third kappa shape index (κ3) is 6.97. The third-order valence-corrected chi connectivity index (χ3v) is 7.42. The Bertz CT molecular complexity index is 1560. The molecular formula is C29H33N5O5S. The summed E-state index contributed by atoms with van der Waals surface area (Å²) in [7, 11) is -2.31. The fraction of sp³-hybridized carbons (Fsp3) is 0.276. The van der Waals surface area contributed by atoms with Gasteiger partial charge in [-0.25, -0.2) is 22.9 Å². The number of ether oxygens (including phenoxy) is 2. The Morgan fingerprint density at radius 3 is 2.30 bits per heavy atom. The molecule has 0 aliphatic carbocycles. The molecule has 2 heterocycles. The van der Waals surface area contributed by atoms with E-state index in [9.17, 15) is 13.2 Å². The van der Waals surface area contributed by atoms with Crippen LogP contribution in [0.1, 0.15) is 31.9 Å². The molecule has 40 heavy (non-hydrogen) atoms. The van der Waals surface area contributed by atoms with Gasteiger partial charge >= 0.3 is 6.09 Å². The van der Waals surface area contributed by atoms with Gasteiger partial charge in [0.1, 0.15) is 24.8 Å². The van der Waals surface area contributed by atoms with Crippen LogP contribution in [0.5, 0.6) is 5.88 Å². The summed E-state index contributed by atoms with van der Waals surface area (Å²) in [4.78, 5) is 16.2. The van der Waals surface area contributed by atoms with Gasteiger partial charge in [-0.2, -0.15) is 0 Å². The van der Waals surface area contributed by atoms with Gasteiger partial charge < -0.3 is 9.47 Å². The number of carbonyl (C=O) groups excluding carboxylic acids is 1. The lowest BCUT2D eigenvalue weighted by atomic mass is 9.87. The van der Waals surface area contributed by atoms with Crippen LogP contribution in [-0.4, -0.2) is 42.5 Å². The van der Waals surface area contributed by atoms with E-state index in [4.69, 9.17) is 9.47 Å². The Labute approximate surface area is 234 Å². The maximum Gasteiger partial charge on any atom is 0.412 e. The van der Waals surface area contributed by atoms with E-state index >= 15 is 0 Å². The number of pyridine rings is 1. The molecule has 0 saturated carbocycles. The second kappa shape index (κ2) is 11.8. The zero-order valence-electron chi connectivity index (χ0n) is 23.1. The van der Waals surface area contributed by atoms with Gasteiger partial charge in [0, 0.05) is 13.2 Å². The van der Waals surface area contributed by atoms with E-state index in [2.05, 4.69) is 40.9 Å². The van der Waals surface area contributed by atoms with Crippen molar-refractivity contribution in [3.63, 3.8) is 0 Å². The zero-order chi connectivity index (χ0) is 28.9. The molecule has 2 N–H and O–H groups in total. The summed E-state index contributed by atoms with van der Waals surface area (Å²) in [5, 5.41) is 6.94. The van der Waals surface area contributed by atoms with E-state index < -0.39 is 16.1 Å². The van der Waals surface area contributed by atoms with Crippen LogP contribution in [-0.2, 0) is 27.2 Å². The second-order valence-corrected chi connectivity index (χ2v) is 11.9. The highest BCUT2D eigenvalue weighted by Crippen LogP contribution is 2.38. The number of benzene rings is 2. The minimum atomic E-state index is -3.94. The smallest absolute Gasteiger partial charge is 0.412 e. The summed E-state index contributed by atoms with van der Waals surface area (Å²) in [6.45, 7) is 8.09. The molecule has 0 spiro atoms. The fourth-order valence-electron chi connectivity index (χ4n) is 3.87. The normalized spacial score (nSPS) is 11.6. The van der Waals surface area contributed by atoms with Crippen LogP contribution >= 0.6 is 0 Å². The molecule has 0 radical (unpaired) electrons. The predicted octanol–water partition coefficient (Wildman–Crippen LogP) is 5.52. The lowest BCUT2D eigenvalue weighted by Crippen LogP contribution is -2.18. The number of nitrogens with zero attached hydrogens (tertiary/aromatic N) is 3. The summed E-state index contributed by atoms with van der Waals surface area (Å²) in [5.41, 5.74) is 3.15. The molecule has 4 rings (SSSR count). The molecule has 2 aromatic heterocycles. The number of aryl methyl sites for hydroxylation is 2. The topological polar surface area (TPSA) is 124 Å². The van der Waals surface area contributed by atoms with E-state index in [1.807, 2.05) is 43.3 Å².